The Morgan fingerprint density at radius 1 is 1.05 bits per heavy atom. The van der Waals surface area contributed by atoms with Crippen LogP contribution in [0.4, 0.5) is 30.2 Å². The number of nitrogens with one attached hydrogen (secondary N) is 2. The van der Waals surface area contributed by atoms with Gasteiger partial charge in [0, 0.05) is 41.8 Å². The molecule has 0 atom stereocenters. The summed E-state index contributed by atoms with van der Waals surface area (Å²) in [5.41, 5.74) is 2.75. The summed E-state index contributed by atoms with van der Waals surface area (Å²) in [4.78, 5) is 34.6. The molecule has 0 saturated carbocycles. The molecule has 0 fully saturated rings. The average Bonchev–Trinajstić information content (AvgIpc) is 3.58. The van der Waals surface area contributed by atoms with Crippen molar-refractivity contribution in [1.82, 2.24) is 9.38 Å². The lowest BCUT2D eigenvalue weighted by atomic mass is 10.0. The highest BCUT2D eigenvalue weighted by Gasteiger charge is 2.32. The van der Waals surface area contributed by atoms with E-state index in [1.54, 1.807) is 58.2 Å². The normalized spacial score (nSPS) is 12.8. The SMILES string of the molecule is CC(=O)Nc1cccn2c(C#Cc3cc(C(=O)Nc4cc(N5CC=NC5)cc(C(F)(F)F)c4)ccc3C)cnc12. The van der Waals surface area contributed by atoms with Crippen molar-refractivity contribution in [1.29, 1.82) is 0 Å². The Kier molecular flexibility index (Phi) is 7.00. The molecule has 0 bridgehead atoms. The summed E-state index contributed by atoms with van der Waals surface area (Å²) in [5.74, 6) is 5.31. The summed E-state index contributed by atoms with van der Waals surface area (Å²) in [7, 11) is 0. The van der Waals surface area contributed by atoms with E-state index in [1.807, 2.05) is 6.92 Å². The van der Waals surface area contributed by atoms with Gasteiger partial charge in [-0.15, -0.1) is 0 Å². The molecule has 2 aromatic carbocycles. The van der Waals surface area contributed by atoms with Gasteiger partial charge in [-0.2, -0.15) is 13.2 Å². The highest BCUT2D eigenvalue weighted by molar-refractivity contribution is 6.05. The summed E-state index contributed by atoms with van der Waals surface area (Å²) in [6, 6.07) is 11.9. The van der Waals surface area contributed by atoms with Crippen LogP contribution >= 0.6 is 0 Å². The van der Waals surface area contributed by atoms with Crippen molar-refractivity contribution in [2.75, 3.05) is 28.7 Å². The standard InChI is InChI=1S/C29H23F3N6O2/c1-18-5-6-21(12-20(18)7-8-24-16-34-27-26(35-19(2)39)4-3-10-38(24)27)28(40)36-23-13-22(29(30,31)32)14-25(15-23)37-11-9-33-17-37/h3-6,9-10,12-16H,11,17H2,1-2H3,(H,35,39)(H,36,40). The monoisotopic (exact) mass is 544 g/mol. The molecule has 5 rings (SSSR count). The molecule has 4 aromatic rings. The number of alkyl halides is 3. The zero-order valence-corrected chi connectivity index (χ0v) is 21.5. The van der Waals surface area contributed by atoms with Crippen LogP contribution in [0.15, 0.2) is 65.9 Å². The maximum atomic E-state index is 13.6. The quantitative estimate of drug-likeness (QED) is 0.349. The van der Waals surface area contributed by atoms with Crippen molar-refractivity contribution >= 4 is 40.7 Å². The number of aryl methyl sites for hydroxylation is 1. The first-order valence-corrected chi connectivity index (χ1v) is 12.2. The maximum absolute atomic E-state index is 13.6. The molecule has 1 aliphatic heterocycles. The lowest BCUT2D eigenvalue weighted by molar-refractivity contribution is -0.137. The van der Waals surface area contributed by atoms with Crippen LogP contribution < -0.4 is 15.5 Å². The number of carbonyl (C=O) groups is 2. The van der Waals surface area contributed by atoms with Gasteiger partial charge in [0.25, 0.3) is 5.91 Å². The highest BCUT2D eigenvalue weighted by atomic mass is 19.4. The Hall–Kier alpha value is -5.11. The number of halogens is 3. The molecule has 40 heavy (non-hydrogen) atoms. The van der Waals surface area contributed by atoms with Crippen molar-refractivity contribution < 1.29 is 22.8 Å². The summed E-state index contributed by atoms with van der Waals surface area (Å²) < 4.78 is 42.4. The number of aliphatic imine (C=N–C) groups is 1. The van der Waals surface area contributed by atoms with E-state index in [9.17, 15) is 22.8 Å². The number of rotatable bonds is 4. The molecule has 2 N–H and O–H groups in total. The fraction of sp³-hybridized carbons (Fsp3) is 0.172. The molecule has 0 unspecified atom stereocenters. The molecule has 0 radical (unpaired) electrons. The van der Waals surface area contributed by atoms with Gasteiger partial charge in [-0.3, -0.25) is 19.0 Å². The first-order valence-electron chi connectivity index (χ1n) is 12.2. The molecule has 202 valence electrons. The van der Waals surface area contributed by atoms with E-state index in [0.717, 1.165) is 17.7 Å². The van der Waals surface area contributed by atoms with Gasteiger partial charge in [0.2, 0.25) is 5.91 Å². The van der Waals surface area contributed by atoms with Crippen LogP contribution in [-0.4, -0.2) is 40.6 Å². The fourth-order valence-corrected chi connectivity index (χ4v) is 4.21. The highest BCUT2D eigenvalue weighted by Crippen LogP contribution is 2.35. The number of anilines is 3. The molecule has 0 spiro atoms. The van der Waals surface area contributed by atoms with Crippen molar-refractivity contribution in [3.63, 3.8) is 0 Å². The molecule has 0 aliphatic carbocycles. The minimum Gasteiger partial charge on any atom is -0.347 e. The summed E-state index contributed by atoms with van der Waals surface area (Å²) in [5, 5.41) is 5.32. The van der Waals surface area contributed by atoms with Crippen LogP contribution in [0.25, 0.3) is 5.65 Å². The molecular weight excluding hydrogens is 521 g/mol. The van der Waals surface area contributed by atoms with E-state index in [-0.39, 0.29) is 23.8 Å². The summed E-state index contributed by atoms with van der Waals surface area (Å²) in [6.07, 6.45) is 0.397. The second-order valence-corrected chi connectivity index (χ2v) is 9.17. The summed E-state index contributed by atoms with van der Waals surface area (Å²) >= 11 is 0. The molecule has 3 heterocycles. The predicted molar refractivity (Wildman–Crippen MR) is 147 cm³/mol. The first kappa shape index (κ1) is 26.5. The molecule has 0 saturated heterocycles. The predicted octanol–water partition coefficient (Wildman–Crippen LogP) is 5.12. The maximum Gasteiger partial charge on any atom is 0.416 e. The Bertz CT molecular complexity index is 1720. The zero-order valence-electron chi connectivity index (χ0n) is 21.5. The smallest absolute Gasteiger partial charge is 0.347 e. The number of carbonyl (C=O) groups excluding carboxylic acids is 2. The Balaban J connectivity index is 1.42. The number of fused-ring (bicyclic) bond motifs is 1. The van der Waals surface area contributed by atoms with Gasteiger partial charge < -0.3 is 15.5 Å². The van der Waals surface area contributed by atoms with E-state index in [2.05, 4.69) is 32.5 Å². The van der Waals surface area contributed by atoms with Crippen molar-refractivity contribution in [2.45, 2.75) is 20.0 Å². The van der Waals surface area contributed by atoms with E-state index in [1.165, 1.54) is 13.0 Å². The third-order valence-corrected chi connectivity index (χ3v) is 6.22. The average molecular weight is 545 g/mol. The second-order valence-electron chi connectivity index (χ2n) is 9.17. The minimum atomic E-state index is -4.58. The van der Waals surface area contributed by atoms with E-state index < -0.39 is 17.6 Å². The largest absolute Gasteiger partial charge is 0.416 e. The van der Waals surface area contributed by atoms with Gasteiger partial charge in [0.15, 0.2) is 5.65 Å². The van der Waals surface area contributed by atoms with Crippen LogP contribution in [0, 0.1) is 18.8 Å². The number of benzene rings is 2. The number of hydrogen-bond donors (Lipinski definition) is 2. The van der Waals surface area contributed by atoms with Crippen molar-refractivity contribution in [3.8, 4) is 11.8 Å². The third kappa shape index (κ3) is 5.66. The Morgan fingerprint density at radius 2 is 1.88 bits per heavy atom. The van der Waals surface area contributed by atoms with E-state index in [4.69, 9.17) is 0 Å². The van der Waals surface area contributed by atoms with Crippen LogP contribution in [-0.2, 0) is 11.0 Å². The number of imidazole rings is 1. The fourth-order valence-electron chi connectivity index (χ4n) is 4.21. The Morgan fingerprint density at radius 3 is 2.60 bits per heavy atom. The lowest BCUT2D eigenvalue weighted by Gasteiger charge is -2.20. The van der Waals surface area contributed by atoms with Gasteiger partial charge in [-0.1, -0.05) is 12.0 Å². The second kappa shape index (κ2) is 10.6. The zero-order chi connectivity index (χ0) is 28.4. The topological polar surface area (TPSA) is 91.1 Å². The number of aromatic nitrogens is 2. The lowest BCUT2D eigenvalue weighted by Crippen LogP contribution is -2.21. The van der Waals surface area contributed by atoms with Gasteiger partial charge in [-0.05, 0) is 60.9 Å². The number of pyridine rings is 1. The van der Waals surface area contributed by atoms with Crippen LogP contribution in [0.1, 0.15) is 39.7 Å². The van der Waals surface area contributed by atoms with Crippen molar-refractivity contribution in [2.24, 2.45) is 4.99 Å². The third-order valence-electron chi connectivity index (χ3n) is 6.22. The van der Waals surface area contributed by atoms with Crippen molar-refractivity contribution in [3.05, 3.63) is 88.9 Å². The number of amides is 2. The number of nitrogens with zero attached hydrogens (tertiary/aromatic N) is 4. The van der Waals surface area contributed by atoms with E-state index >= 15 is 0 Å². The molecule has 2 aromatic heterocycles. The van der Waals surface area contributed by atoms with E-state index in [0.29, 0.717) is 34.8 Å². The molecule has 1 aliphatic rings. The molecule has 11 heteroatoms. The number of hydrogen-bond acceptors (Lipinski definition) is 5. The summed E-state index contributed by atoms with van der Waals surface area (Å²) in [6.45, 7) is 3.88. The Labute approximate surface area is 227 Å². The van der Waals surface area contributed by atoms with Gasteiger partial charge in [0.1, 0.15) is 12.4 Å². The van der Waals surface area contributed by atoms with Gasteiger partial charge in [0.05, 0.1) is 24.0 Å². The minimum absolute atomic E-state index is 0.0237. The first-order chi connectivity index (χ1) is 19.1. The molecule has 8 nitrogen and oxygen atoms in total. The van der Waals surface area contributed by atoms with Crippen LogP contribution in [0.3, 0.4) is 0 Å². The van der Waals surface area contributed by atoms with Crippen LogP contribution in [0.2, 0.25) is 0 Å². The molecular formula is C29H23F3N6O2. The van der Waals surface area contributed by atoms with Gasteiger partial charge >= 0.3 is 6.18 Å². The van der Waals surface area contributed by atoms with Gasteiger partial charge in [-0.25, -0.2) is 4.98 Å². The van der Waals surface area contributed by atoms with Crippen LogP contribution in [0.5, 0.6) is 0 Å². The molecule has 2 amide bonds.